The molecule has 1 aromatic rings. The van der Waals surface area contributed by atoms with E-state index < -0.39 is 0 Å². The van der Waals surface area contributed by atoms with Gasteiger partial charge >= 0.3 is 0 Å². The van der Waals surface area contributed by atoms with E-state index in [1.54, 1.807) is 11.3 Å². The van der Waals surface area contributed by atoms with Crippen molar-refractivity contribution in [2.75, 3.05) is 39.5 Å². The van der Waals surface area contributed by atoms with Gasteiger partial charge in [-0.15, -0.1) is 11.3 Å². The summed E-state index contributed by atoms with van der Waals surface area (Å²) in [4.78, 5) is 21.5. The summed E-state index contributed by atoms with van der Waals surface area (Å²) in [7, 11) is 0. The fourth-order valence-corrected chi connectivity index (χ4v) is 4.11. The lowest BCUT2D eigenvalue weighted by Gasteiger charge is -2.35. The Labute approximate surface area is 141 Å². The number of hydrogen-bond donors (Lipinski definition) is 1. The Balaban J connectivity index is 1.62. The topological polar surface area (TPSA) is 65.9 Å². The largest absolute Gasteiger partial charge is 0.396 e. The number of aliphatic hydroxyl groups is 1. The molecule has 0 saturated carbocycles. The van der Waals surface area contributed by atoms with Crippen molar-refractivity contribution in [2.45, 2.75) is 38.3 Å². The standard InChI is InChI=1S/C16H25N3O3S/c20-8-4-13-3-1-2-5-19(13)16(21)14-12-23-15(17-14)11-18-6-9-22-10-7-18/h12-13,20H,1-11H2. The van der Waals surface area contributed by atoms with Crippen LogP contribution in [0.4, 0.5) is 0 Å². The van der Waals surface area contributed by atoms with Gasteiger partial charge in [0.1, 0.15) is 10.7 Å². The molecule has 23 heavy (non-hydrogen) atoms. The minimum Gasteiger partial charge on any atom is -0.396 e. The average molecular weight is 339 g/mol. The maximum atomic E-state index is 12.7. The molecule has 1 N–H and O–H groups in total. The van der Waals surface area contributed by atoms with Crippen molar-refractivity contribution in [1.82, 2.24) is 14.8 Å². The fourth-order valence-electron chi connectivity index (χ4n) is 3.30. The number of ether oxygens (including phenoxy) is 1. The molecule has 1 unspecified atom stereocenters. The van der Waals surface area contributed by atoms with Gasteiger partial charge in [0.25, 0.3) is 5.91 Å². The predicted molar refractivity (Wildman–Crippen MR) is 88.6 cm³/mol. The highest BCUT2D eigenvalue weighted by atomic mass is 32.1. The van der Waals surface area contributed by atoms with E-state index >= 15 is 0 Å². The predicted octanol–water partition coefficient (Wildman–Crippen LogP) is 1.35. The maximum absolute atomic E-state index is 12.7. The Hall–Kier alpha value is -1.02. The molecule has 6 nitrogen and oxygen atoms in total. The molecule has 0 aromatic carbocycles. The smallest absolute Gasteiger partial charge is 0.273 e. The first-order valence-corrected chi connectivity index (χ1v) is 9.32. The molecule has 2 aliphatic rings. The van der Waals surface area contributed by atoms with E-state index in [4.69, 9.17) is 4.74 Å². The van der Waals surface area contributed by atoms with Crippen LogP contribution >= 0.6 is 11.3 Å². The van der Waals surface area contributed by atoms with Gasteiger partial charge in [0.15, 0.2) is 0 Å². The van der Waals surface area contributed by atoms with Gasteiger partial charge in [0.05, 0.1) is 19.8 Å². The normalized spacial score (nSPS) is 23.2. The summed E-state index contributed by atoms with van der Waals surface area (Å²) in [5, 5.41) is 12.1. The lowest BCUT2D eigenvalue weighted by atomic mass is 9.99. The minimum absolute atomic E-state index is 0.0210. The zero-order chi connectivity index (χ0) is 16.1. The zero-order valence-electron chi connectivity index (χ0n) is 13.4. The van der Waals surface area contributed by atoms with Crippen LogP contribution in [0.25, 0.3) is 0 Å². The quantitative estimate of drug-likeness (QED) is 0.877. The molecule has 2 aliphatic heterocycles. The van der Waals surface area contributed by atoms with Crippen molar-refractivity contribution < 1.29 is 14.6 Å². The van der Waals surface area contributed by atoms with Gasteiger partial charge < -0.3 is 14.7 Å². The molecular formula is C16H25N3O3S. The second-order valence-electron chi connectivity index (χ2n) is 6.18. The molecular weight excluding hydrogens is 314 g/mol. The van der Waals surface area contributed by atoms with Crippen LogP contribution in [0.15, 0.2) is 5.38 Å². The molecule has 0 bridgehead atoms. The molecule has 3 heterocycles. The third-order valence-electron chi connectivity index (χ3n) is 4.58. The third kappa shape index (κ3) is 4.29. The zero-order valence-corrected chi connectivity index (χ0v) is 14.3. The molecule has 3 rings (SSSR count). The molecule has 0 radical (unpaired) electrons. The van der Waals surface area contributed by atoms with Crippen LogP contribution in [0.3, 0.4) is 0 Å². The summed E-state index contributed by atoms with van der Waals surface area (Å²) in [5.74, 6) is 0.0210. The highest BCUT2D eigenvalue weighted by molar-refractivity contribution is 7.09. The number of carbonyl (C=O) groups is 1. The molecule has 1 amide bonds. The maximum Gasteiger partial charge on any atom is 0.273 e. The van der Waals surface area contributed by atoms with Crippen LogP contribution in [0.5, 0.6) is 0 Å². The number of likely N-dealkylation sites (tertiary alicyclic amines) is 1. The Morgan fingerprint density at radius 1 is 1.35 bits per heavy atom. The monoisotopic (exact) mass is 339 g/mol. The first-order valence-electron chi connectivity index (χ1n) is 8.44. The molecule has 2 fully saturated rings. The number of morpholine rings is 1. The summed E-state index contributed by atoms with van der Waals surface area (Å²) >= 11 is 1.56. The molecule has 0 aliphatic carbocycles. The average Bonchev–Trinajstić information content (AvgIpc) is 3.04. The lowest BCUT2D eigenvalue weighted by Crippen LogP contribution is -2.44. The van der Waals surface area contributed by atoms with Gasteiger partial charge in [0, 0.05) is 37.7 Å². The van der Waals surface area contributed by atoms with E-state index in [9.17, 15) is 9.90 Å². The number of aromatic nitrogens is 1. The van der Waals surface area contributed by atoms with Crippen LogP contribution in [0.1, 0.15) is 41.2 Å². The molecule has 2 saturated heterocycles. The van der Waals surface area contributed by atoms with E-state index in [0.717, 1.165) is 63.7 Å². The summed E-state index contributed by atoms with van der Waals surface area (Å²) in [5.41, 5.74) is 0.558. The van der Waals surface area contributed by atoms with E-state index in [-0.39, 0.29) is 18.6 Å². The van der Waals surface area contributed by atoms with Gasteiger partial charge in [-0.05, 0) is 25.7 Å². The van der Waals surface area contributed by atoms with Gasteiger partial charge in [0.2, 0.25) is 0 Å². The summed E-state index contributed by atoms with van der Waals surface area (Å²) in [6.45, 7) is 5.09. The van der Waals surface area contributed by atoms with Crippen LogP contribution in [0.2, 0.25) is 0 Å². The molecule has 7 heteroatoms. The van der Waals surface area contributed by atoms with Crippen LogP contribution < -0.4 is 0 Å². The number of rotatable bonds is 5. The Morgan fingerprint density at radius 2 is 2.17 bits per heavy atom. The Kier molecular flexibility index (Phi) is 5.99. The number of piperidine rings is 1. The van der Waals surface area contributed by atoms with Crippen molar-refractivity contribution in [3.05, 3.63) is 16.1 Å². The number of nitrogens with zero attached hydrogens (tertiary/aromatic N) is 3. The van der Waals surface area contributed by atoms with Crippen LogP contribution in [0, 0.1) is 0 Å². The number of carbonyl (C=O) groups excluding carboxylic acids is 1. The van der Waals surface area contributed by atoms with Crippen molar-refractivity contribution in [3.8, 4) is 0 Å². The van der Waals surface area contributed by atoms with E-state index in [1.807, 2.05) is 10.3 Å². The number of amides is 1. The van der Waals surface area contributed by atoms with Crippen LogP contribution in [-0.4, -0.2) is 71.3 Å². The molecule has 1 aromatic heterocycles. The lowest BCUT2D eigenvalue weighted by molar-refractivity contribution is 0.0341. The summed E-state index contributed by atoms with van der Waals surface area (Å²) in [6, 6.07) is 0.158. The van der Waals surface area contributed by atoms with Gasteiger partial charge in [-0.3, -0.25) is 9.69 Å². The fraction of sp³-hybridized carbons (Fsp3) is 0.750. The molecule has 0 spiro atoms. The number of thiazole rings is 1. The van der Waals surface area contributed by atoms with Crippen molar-refractivity contribution in [3.63, 3.8) is 0 Å². The SMILES string of the molecule is O=C(c1csc(CN2CCOCC2)n1)N1CCCCC1CCO. The highest BCUT2D eigenvalue weighted by Crippen LogP contribution is 2.23. The third-order valence-corrected chi connectivity index (χ3v) is 5.42. The second-order valence-corrected chi connectivity index (χ2v) is 7.12. The van der Waals surface area contributed by atoms with E-state index in [2.05, 4.69) is 9.88 Å². The summed E-state index contributed by atoms with van der Waals surface area (Å²) in [6.07, 6.45) is 3.82. The summed E-state index contributed by atoms with van der Waals surface area (Å²) < 4.78 is 5.36. The Morgan fingerprint density at radius 3 is 2.96 bits per heavy atom. The van der Waals surface area contributed by atoms with Crippen molar-refractivity contribution in [2.24, 2.45) is 0 Å². The van der Waals surface area contributed by atoms with Gasteiger partial charge in [-0.25, -0.2) is 4.98 Å². The first kappa shape index (κ1) is 16.8. The van der Waals surface area contributed by atoms with Crippen molar-refractivity contribution in [1.29, 1.82) is 0 Å². The second kappa shape index (κ2) is 8.19. The number of aliphatic hydroxyl groups excluding tert-OH is 1. The number of hydrogen-bond acceptors (Lipinski definition) is 6. The van der Waals surface area contributed by atoms with Gasteiger partial charge in [-0.2, -0.15) is 0 Å². The van der Waals surface area contributed by atoms with E-state index in [1.165, 1.54) is 0 Å². The first-order chi connectivity index (χ1) is 11.3. The van der Waals surface area contributed by atoms with Crippen molar-refractivity contribution >= 4 is 17.2 Å². The van der Waals surface area contributed by atoms with Gasteiger partial charge in [-0.1, -0.05) is 0 Å². The molecule has 128 valence electrons. The van der Waals surface area contributed by atoms with Crippen LogP contribution in [-0.2, 0) is 11.3 Å². The molecule has 1 atom stereocenters. The minimum atomic E-state index is 0.0210. The highest BCUT2D eigenvalue weighted by Gasteiger charge is 2.28. The Bertz CT molecular complexity index is 514. The van der Waals surface area contributed by atoms with E-state index in [0.29, 0.717) is 12.1 Å².